The molecule has 2 aromatic carbocycles. The average Bonchev–Trinajstić information content (AvgIpc) is 3.21. The van der Waals surface area contributed by atoms with Crippen LogP contribution in [0.15, 0.2) is 48.5 Å². The second-order valence-electron chi connectivity index (χ2n) is 9.55. The van der Waals surface area contributed by atoms with Gasteiger partial charge in [0.2, 0.25) is 5.91 Å². The number of ether oxygens (including phenoxy) is 1. The van der Waals surface area contributed by atoms with Crippen LogP contribution in [0.4, 0.5) is 0 Å². The van der Waals surface area contributed by atoms with Crippen molar-refractivity contribution in [3.63, 3.8) is 0 Å². The van der Waals surface area contributed by atoms with Crippen molar-refractivity contribution in [1.82, 2.24) is 9.80 Å². The second-order valence-corrected chi connectivity index (χ2v) is 9.55. The zero-order chi connectivity index (χ0) is 24.9. The maximum Gasteiger partial charge on any atom is 0.321 e. The van der Waals surface area contributed by atoms with Crippen molar-refractivity contribution in [1.29, 1.82) is 0 Å². The highest BCUT2D eigenvalue weighted by Crippen LogP contribution is 2.32. The Balaban J connectivity index is 1.25. The van der Waals surface area contributed by atoms with Crippen LogP contribution in [0.1, 0.15) is 48.3 Å². The number of nitrogens with two attached hydrogens (primary N) is 1. The smallest absolute Gasteiger partial charge is 0.321 e. The molecule has 4 rings (SSSR count). The number of hydrogen-bond acceptors (Lipinski definition) is 6. The van der Waals surface area contributed by atoms with Crippen molar-refractivity contribution in [3.05, 3.63) is 65.2 Å². The number of carbonyl (C=O) groups excluding carboxylic acids is 2. The van der Waals surface area contributed by atoms with E-state index in [1.54, 1.807) is 12.1 Å². The first-order valence-electron chi connectivity index (χ1n) is 12.2. The Morgan fingerprint density at radius 3 is 2.31 bits per heavy atom. The van der Waals surface area contributed by atoms with Gasteiger partial charge in [-0.25, -0.2) is 0 Å². The summed E-state index contributed by atoms with van der Waals surface area (Å²) in [5, 5.41) is 8.80. The third-order valence-electron chi connectivity index (χ3n) is 7.02. The Hall–Kier alpha value is -3.23. The summed E-state index contributed by atoms with van der Waals surface area (Å²) in [6, 6.07) is 14.4. The van der Waals surface area contributed by atoms with Crippen LogP contribution in [-0.4, -0.2) is 64.5 Å². The SMILES string of the molecule is Cc1ccc(CN2CC[C@@H](N3CCC(c4ccc(OC(=O)C[C@H](N)C(=O)O)cc4)CC3)C2=O)cc1. The predicted molar refractivity (Wildman–Crippen MR) is 131 cm³/mol. The Kier molecular flexibility index (Phi) is 7.83. The lowest BCUT2D eigenvalue weighted by molar-refractivity contribution is -0.143. The Labute approximate surface area is 205 Å². The van der Waals surface area contributed by atoms with E-state index >= 15 is 0 Å². The molecule has 35 heavy (non-hydrogen) atoms. The third kappa shape index (κ3) is 6.26. The number of nitrogens with zero attached hydrogens (tertiary/aromatic N) is 2. The molecule has 186 valence electrons. The van der Waals surface area contributed by atoms with Crippen LogP contribution in [0.25, 0.3) is 0 Å². The van der Waals surface area contributed by atoms with Crippen molar-refractivity contribution in [2.45, 2.75) is 57.2 Å². The first kappa shape index (κ1) is 24.9. The fourth-order valence-electron chi connectivity index (χ4n) is 4.92. The Morgan fingerprint density at radius 1 is 1.03 bits per heavy atom. The van der Waals surface area contributed by atoms with Crippen LogP contribution < -0.4 is 10.5 Å². The van der Waals surface area contributed by atoms with Crippen LogP contribution in [0.3, 0.4) is 0 Å². The largest absolute Gasteiger partial charge is 0.480 e. The summed E-state index contributed by atoms with van der Waals surface area (Å²) in [5.74, 6) is -0.908. The van der Waals surface area contributed by atoms with E-state index in [-0.39, 0.29) is 18.4 Å². The number of hydrogen-bond donors (Lipinski definition) is 2. The number of rotatable bonds is 8. The van der Waals surface area contributed by atoms with Crippen LogP contribution in [-0.2, 0) is 20.9 Å². The van der Waals surface area contributed by atoms with E-state index in [1.165, 1.54) is 16.7 Å². The topological polar surface area (TPSA) is 113 Å². The molecule has 2 aliphatic heterocycles. The molecule has 3 N–H and O–H groups in total. The van der Waals surface area contributed by atoms with Crippen molar-refractivity contribution in [3.8, 4) is 5.75 Å². The van der Waals surface area contributed by atoms with Gasteiger partial charge in [-0.2, -0.15) is 0 Å². The number of carboxylic acids is 1. The first-order chi connectivity index (χ1) is 16.8. The van der Waals surface area contributed by atoms with Gasteiger partial charge in [-0.1, -0.05) is 42.0 Å². The van der Waals surface area contributed by atoms with E-state index in [9.17, 15) is 14.4 Å². The lowest BCUT2D eigenvalue weighted by Crippen LogP contribution is -2.45. The zero-order valence-electron chi connectivity index (χ0n) is 20.1. The molecule has 8 nitrogen and oxygen atoms in total. The quantitative estimate of drug-likeness (QED) is 0.442. The molecular formula is C27H33N3O5. The van der Waals surface area contributed by atoms with Gasteiger partial charge in [0.05, 0.1) is 12.5 Å². The maximum absolute atomic E-state index is 13.1. The van der Waals surface area contributed by atoms with Crippen molar-refractivity contribution in [2.24, 2.45) is 5.73 Å². The zero-order valence-corrected chi connectivity index (χ0v) is 20.1. The number of benzene rings is 2. The summed E-state index contributed by atoms with van der Waals surface area (Å²) < 4.78 is 5.20. The van der Waals surface area contributed by atoms with E-state index in [4.69, 9.17) is 15.6 Å². The molecule has 2 saturated heterocycles. The molecule has 2 aromatic rings. The average molecular weight is 480 g/mol. The van der Waals surface area contributed by atoms with Gasteiger partial charge >= 0.3 is 11.9 Å². The summed E-state index contributed by atoms with van der Waals surface area (Å²) >= 11 is 0. The van der Waals surface area contributed by atoms with Gasteiger partial charge in [0, 0.05) is 13.1 Å². The number of carboxylic acid groups (broad SMARTS) is 1. The summed E-state index contributed by atoms with van der Waals surface area (Å²) in [6.45, 7) is 5.29. The van der Waals surface area contributed by atoms with Crippen LogP contribution in [0.2, 0.25) is 0 Å². The summed E-state index contributed by atoms with van der Waals surface area (Å²) in [7, 11) is 0. The number of likely N-dealkylation sites (tertiary alicyclic amines) is 2. The molecule has 0 radical (unpaired) electrons. The molecule has 2 fully saturated rings. The minimum absolute atomic E-state index is 0.0274. The standard InChI is InChI=1S/C27H33N3O5/c1-18-2-4-19(5-3-18)17-30-15-12-24(26(30)32)29-13-10-21(11-14-29)20-6-8-22(9-7-20)35-25(31)16-23(28)27(33)34/h2-9,21,23-24H,10-17,28H2,1H3,(H,33,34)/t23-,24+/m0/s1. The maximum atomic E-state index is 13.1. The fraction of sp³-hybridized carbons (Fsp3) is 0.444. The van der Waals surface area contributed by atoms with E-state index in [2.05, 4.69) is 36.1 Å². The molecular weight excluding hydrogens is 446 g/mol. The van der Waals surface area contributed by atoms with Crippen LogP contribution >= 0.6 is 0 Å². The van der Waals surface area contributed by atoms with Gasteiger partial charge in [0.25, 0.3) is 0 Å². The van der Waals surface area contributed by atoms with Crippen molar-refractivity contribution < 1.29 is 24.2 Å². The number of piperidine rings is 1. The van der Waals surface area contributed by atoms with Crippen LogP contribution in [0, 0.1) is 6.92 Å². The minimum Gasteiger partial charge on any atom is -0.480 e. The predicted octanol–water partition coefficient (Wildman–Crippen LogP) is 2.68. The van der Waals surface area contributed by atoms with Gasteiger partial charge in [0.1, 0.15) is 11.8 Å². The van der Waals surface area contributed by atoms with Gasteiger partial charge in [0.15, 0.2) is 0 Å². The molecule has 2 aliphatic rings. The molecule has 8 heteroatoms. The highest BCUT2D eigenvalue weighted by molar-refractivity contribution is 5.84. The molecule has 1 amide bonds. The summed E-state index contributed by atoms with van der Waals surface area (Å²) in [5.41, 5.74) is 8.94. The van der Waals surface area contributed by atoms with Crippen molar-refractivity contribution in [2.75, 3.05) is 19.6 Å². The fourth-order valence-corrected chi connectivity index (χ4v) is 4.92. The lowest BCUT2D eigenvalue weighted by atomic mass is 9.88. The number of aryl methyl sites for hydroxylation is 1. The number of aliphatic carboxylic acids is 1. The molecule has 0 aliphatic carbocycles. The summed E-state index contributed by atoms with van der Waals surface area (Å²) in [4.78, 5) is 40.0. The number of carbonyl (C=O) groups is 3. The summed E-state index contributed by atoms with van der Waals surface area (Å²) in [6.07, 6.45) is 2.43. The molecule has 0 unspecified atom stereocenters. The van der Waals surface area contributed by atoms with E-state index in [0.717, 1.165) is 38.9 Å². The third-order valence-corrected chi connectivity index (χ3v) is 7.02. The molecule has 0 bridgehead atoms. The minimum atomic E-state index is -1.27. The molecule has 2 heterocycles. The first-order valence-corrected chi connectivity index (χ1v) is 12.2. The molecule has 2 atom stereocenters. The van der Waals surface area contributed by atoms with E-state index in [1.807, 2.05) is 17.0 Å². The van der Waals surface area contributed by atoms with Gasteiger partial charge in [-0.15, -0.1) is 0 Å². The molecule has 0 aromatic heterocycles. The normalized spacial score (nSPS) is 20.1. The monoisotopic (exact) mass is 479 g/mol. The van der Waals surface area contributed by atoms with E-state index < -0.39 is 18.0 Å². The highest BCUT2D eigenvalue weighted by Gasteiger charge is 2.37. The molecule has 0 spiro atoms. The van der Waals surface area contributed by atoms with Gasteiger partial charge in [-0.3, -0.25) is 19.3 Å². The van der Waals surface area contributed by atoms with Crippen molar-refractivity contribution >= 4 is 17.8 Å². The lowest BCUT2D eigenvalue weighted by Gasteiger charge is -2.35. The Bertz CT molecular complexity index is 1050. The Morgan fingerprint density at radius 2 is 1.69 bits per heavy atom. The van der Waals surface area contributed by atoms with E-state index in [0.29, 0.717) is 18.2 Å². The molecule has 0 saturated carbocycles. The van der Waals surface area contributed by atoms with Gasteiger partial charge in [-0.05, 0) is 68.5 Å². The van der Waals surface area contributed by atoms with Crippen LogP contribution in [0.5, 0.6) is 5.75 Å². The number of esters is 1. The highest BCUT2D eigenvalue weighted by atomic mass is 16.5. The van der Waals surface area contributed by atoms with Gasteiger partial charge < -0.3 is 20.5 Å². The second kappa shape index (κ2) is 11.0. The number of amides is 1.